The highest BCUT2D eigenvalue weighted by Gasteiger charge is 2.40. The van der Waals surface area contributed by atoms with Crippen molar-refractivity contribution in [1.29, 1.82) is 0 Å². The second kappa shape index (κ2) is 7.35. The fourth-order valence-corrected chi connectivity index (χ4v) is 3.02. The highest BCUT2D eigenvalue weighted by molar-refractivity contribution is 8.01. The van der Waals surface area contributed by atoms with Gasteiger partial charge in [-0.05, 0) is 12.1 Å². The number of hydrogen-bond acceptors (Lipinski definition) is 7. The van der Waals surface area contributed by atoms with Gasteiger partial charge in [0.1, 0.15) is 11.3 Å². The highest BCUT2D eigenvalue weighted by Crippen LogP contribution is 2.33. The SMILES string of the molecule is B[C@H](OC(=O)c1ccccc1)C1OC(=O)C(CC(=O)OC)S1. The summed E-state index contributed by atoms with van der Waals surface area (Å²) in [5.74, 6) is -1.46. The van der Waals surface area contributed by atoms with Gasteiger partial charge in [0.25, 0.3) is 0 Å². The van der Waals surface area contributed by atoms with E-state index in [1.54, 1.807) is 38.2 Å². The van der Waals surface area contributed by atoms with Gasteiger partial charge in [-0.2, -0.15) is 0 Å². The van der Waals surface area contributed by atoms with Gasteiger partial charge in [0.15, 0.2) is 13.3 Å². The van der Waals surface area contributed by atoms with Crippen LogP contribution in [0.15, 0.2) is 30.3 Å². The van der Waals surface area contributed by atoms with E-state index in [-0.39, 0.29) is 6.42 Å². The van der Waals surface area contributed by atoms with Crippen molar-refractivity contribution in [3.05, 3.63) is 35.9 Å². The Balaban J connectivity index is 1.91. The van der Waals surface area contributed by atoms with E-state index in [0.717, 1.165) is 11.8 Å². The molecule has 1 fully saturated rings. The van der Waals surface area contributed by atoms with Gasteiger partial charge in [-0.15, -0.1) is 0 Å². The average molecular weight is 322 g/mol. The number of rotatable bonds is 5. The quantitative estimate of drug-likeness (QED) is 0.440. The smallest absolute Gasteiger partial charge is 0.337 e. The number of carbonyl (C=O) groups excluding carboxylic acids is 3. The minimum absolute atomic E-state index is 0.0597. The van der Waals surface area contributed by atoms with E-state index < -0.39 is 34.6 Å². The number of thioether (sulfide) groups is 1. The highest BCUT2D eigenvalue weighted by atomic mass is 32.2. The van der Waals surface area contributed by atoms with Crippen LogP contribution in [0.3, 0.4) is 0 Å². The van der Waals surface area contributed by atoms with Crippen LogP contribution in [0.2, 0.25) is 0 Å². The van der Waals surface area contributed by atoms with Gasteiger partial charge in [-0.3, -0.25) is 9.59 Å². The van der Waals surface area contributed by atoms with Crippen molar-refractivity contribution >= 4 is 37.5 Å². The predicted octanol–water partition coefficient (Wildman–Crippen LogP) is 0.350. The lowest BCUT2D eigenvalue weighted by Gasteiger charge is -2.18. The van der Waals surface area contributed by atoms with Gasteiger partial charge < -0.3 is 14.2 Å². The molecule has 0 bridgehead atoms. The molecule has 6 nitrogen and oxygen atoms in total. The summed E-state index contributed by atoms with van der Waals surface area (Å²) in [7, 11) is 2.90. The lowest BCUT2D eigenvalue weighted by Crippen LogP contribution is -2.29. The Hall–Kier alpha value is -1.96. The number of benzene rings is 1. The number of ether oxygens (including phenoxy) is 3. The molecule has 0 saturated carbocycles. The molecule has 8 heteroatoms. The van der Waals surface area contributed by atoms with Crippen LogP contribution in [-0.4, -0.2) is 49.6 Å². The third-order valence-electron chi connectivity index (χ3n) is 3.06. The summed E-state index contributed by atoms with van der Waals surface area (Å²) < 4.78 is 15.0. The summed E-state index contributed by atoms with van der Waals surface area (Å²) in [6, 6.07) is 7.93. The van der Waals surface area contributed by atoms with Gasteiger partial charge in [0.2, 0.25) is 0 Å². The predicted molar refractivity (Wildman–Crippen MR) is 82.1 cm³/mol. The van der Waals surface area contributed by atoms with Gasteiger partial charge in [-0.1, -0.05) is 30.0 Å². The first kappa shape index (κ1) is 16.4. The summed E-state index contributed by atoms with van der Waals surface area (Å²) in [6.07, 6.45) is -0.0597. The van der Waals surface area contributed by atoms with Crippen molar-refractivity contribution in [3.8, 4) is 0 Å². The van der Waals surface area contributed by atoms with Crippen molar-refractivity contribution in [2.45, 2.75) is 23.1 Å². The van der Waals surface area contributed by atoms with Gasteiger partial charge in [0.05, 0.1) is 19.1 Å². The first-order valence-corrected chi connectivity index (χ1v) is 7.64. The Morgan fingerprint density at radius 2 is 2.05 bits per heavy atom. The molecule has 2 rings (SSSR count). The molecule has 2 unspecified atom stereocenters. The maximum absolute atomic E-state index is 12.0. The molecule has 0 amide bonds. The second-order valence-corrected chi connectivity index (χ2v) is 5.99. The minimum Gasteiger partial charge on any atom is -0.469 e. The number of hydrogen-bond donors (Lipinski definition) is 0. The molecular weight excluding hydrogens is 307 g/mol. The number of carbonyl (C=O) groups is 3. The van der Waals surface area contributed by atoms with Crippen LogP contribution in [0.25, 0.3) is 0 Å². The van der Waals surface area contributed by atoms with Gasteiger partial charge in [0, 0.05) is 0 Å². The molecule has 0 spiro atoms. The van der Waals surface area contributed by atoms with E-state index in [2.05, 4.69) is 4.74 Å². The van der Waals surface area contributed by atoms with E-state index in [4.69, 9.17) is 9.47 Å². The number of cyclic esters (lactones) is 1. The van der Waals surface area contributed by atoms with Crippen molar-refractivity contribution in [3.63, 3.8) is 0 Å². The molecular formula is C14H15BO6S. The Bertz CT molecular complexity index is 564. The zero-order chi connectivity index (χ0) is 16.1. The van der Waals surface area contributed by atoms with Crippen molar-refractivity contribution < 1.29 is 28.6 Å². The largest absolute Gasteiger partial charge is 0.469 e. The van der Waals surface area contributed by atoms with Crippen LogP contribution in [0, 0.1) is 0 Å². The average Bonchev–Trinajstić information content (AvgIpc) is 2.89. The van der Waals surface area contributed by atoms with Crippen molar-refractivity contribution in [1.82, 2.24) is 0 Å². The Morgan fingerprint density at radius 1 is 1.36 bits per heavy atom. The fourth-order valence-electron chi connectivity index (χ4n) is 1.87. The lowest BCUT2D eigenvalue weighted by molar-refractivity contribution is -0.148. The molecule has 0 aliphatic carbocycles. The topological polar surface area (TPSA) is 78.9 Å². The summed E-state index contributed by atoms with van der Waals surface area (Å²) in [4.78, 5) is 34.9. The zero-order valence-corrected chi connectivity index (χ0v) is 13.0. The molecule has 1 aliphatic heterocycles. The molecule has 1 heterocycles. The van der Waals surface area contributed by atoms with E-state index in [9.17, 15) is 14.4 Å². The minimum atomic E-state index is -0.630. The summed E-state index contributed by atoms with van der Waals surface area (Å²) in [5, 5.41) is -0.629. The maximum Gasteiger partial charge on any atom is 0.337 e. The van der Waals surface area contributed by atoms with Crippen LogP contribution in [0.1, 0.15) is 16.8 Å². The van der Waals surface area contributed by atoms with Crippen molar-refractivity contribution in [2.75, 3.05) is 7.11 Å². The molecule has 22 heavy (non-hydrogen) atoms. The molecule has 0 radical (unpaired) electrons. The van der Waals surface area contributed by atoms with Gasteiger partial charge >= 0.3 is 17.9 Å². The summed E-state index contributed by atoms with van der Waals surface area (Å²) in [5.41, 5.74) is -0.204. The molecule has 1 aromatic carbocycles. The molecule has 0 aromatic heterocycles. The van der Waals surface area contributed by atoms with Crippen LogP contribution < -0.4 is 0 Å². The van der Waals surface area contributed by atoms with Gasteiger partial charge in [-0.25, -0.2) is 4.79 Å². The summed E-state index contributed by atoms with van der Waals surface area (Å²) in [6.45, 7) is 0. The Morgan fingerprint density at radius 3 is 2.68 bits per heavy atom. The van der Waals surface area contributed by atoms with E-state index in [1.165, 1.54) is 7.11 Å². The standard InChI is InChI=1S/C14H15BO6S/c1-19-10(16)7-9-13(18)21-14(22-9)11(15)20-12(17)8-5-3-2-4-6-8/h2-6,9,11,14H,7,15H2,1H3/t9?,11-,14?/m1/s1. The van der Waals surface area contributed by atoms with Crippen LogP contribution in [-0.2, 0) is 23.8 Å². The Kier molecular flexibility index (Phi) is 5.49. The van der Waals surface area contributed by atoms with Crippen LogP contribution >= 0.6 is 11.8 Å². The normalized spacial score (nSPS) is 21.8. The summed E-state index contributed by atoms with van der Waals surface area (Å²) >= 11 is 1.16. The van der Waals surface area contributed by atoms with Crippen LogP contribution in [0.4, 0.5) is 0 Å². The lowest BCUT2D eigenvalue weighted by atomic mass is 10.0. The molecule has 3 atom stereocenters. The van der Waals surface area contributed by atoms with E-state index in [0.29, 0.717) is 5.56 Å². The molecule has 1 aliphatic rings. The first-order chi connectivity index (χ1) is 10.5. The fraction of sp³-hybridized carbons (Fsp3) is 0.357. The van der Waals surface area contributed by atoms with Crippen molar-refractivity contribution in [2.24, 2.45) is 0 Å². The van der Waals surface area contributed by atoms with E-state index >= 15 is 0 Å². The first-order valence-electron chi connectivity index (χ1n) is 6.70. The monoisotopic (exact) mass is 322 g/mol. The number of methoxy groups -OCH3 is 1. The number of esters is 3. The third-order valence-corrected chi connectivity index (χ3v) is 4.49. The molecule has 116 valence electrons. The second-order valence-electron chi connectivity index (χ2n) is 4.69. The third kappa shape index (κ3) is 4.04. The van der Waals surface area contributed by atoms with Crippen LogP contribution in [0.5, 0.6) is 0 Å². The van der Waals surface area contributed by atoms with E-state index in [1.807, 2.05) is 0 Å². The molecule has 1 saturated heterocycles. The molecule has 0 N–H and O–H groups in total. The molecule has 1 aromatic rings. The Labute approximate surface area is 132 Å². The zero-order valence-electron chi connectivity index (χ0n) is 12.2. The maximum atomic E-state index is 12.0.